The first-order valence-corrected chi connectivity index (χ1v) is 8.11. The monoisotopic (exact) mass is 315 g/mol. The van der Waals surface area contributed by atoms with Gasteiger partial charge in [0.25, 0.3) is 0 Å². The van der Waals surface area contributed by atoms with Gasteiger partial charge in [-0.3, -0.25) is 0 Å². The van der Waals surface area contributed by atoms with E-state index in [1.807, 2.05) is 12.1 Å². The van der Waals surface area contributed by atoms with Gasteiger partial charge in [-0.05, 0) is 43.9 Å². The topological polar surface area (TPSA) is 32.3 Å². The van der Waals surface area contributed by atoms with Gasteiger partial charge in [0.15, 0.2) is 0 Å². The summed E-state index contributed by atoms with van der Waals surface area (Å²) in [7, 11) is 0. The smallest absolute Gasteiger partial charge is 0.0595 e. The fourth-order valence-electron chi connectivity index (χ4n) is 3.15. The van der Waals surface area contributed by atoms with Crippen LogP contribution in [-0.4, -0.2) is 23.8 Å². The predicted molar refractivity (Wildman–Crippen MR) is 85.8 cm³/mol. The lowest BCUT2D eigenvalue weighted by Crippen LogP contribution is -2.54. The minimum Gasteiger partial charge on any atom is -0.395 e. The summed E-state index contributed by atoms with van der Waals surface area (Å²) in [6, 6.07) is 6.44. The molecule has 112 valence electrons. The number of aliphatic hydroxyl groups is 1. The number of hydrogen-bond acceptors (Lipinski definition) is 2. The molecule has 0 amide bonds. The molecular weight excluding hydrogens is 293 g/mol. The predicted octanol–water partition coefficient (Wildman–Crippen LogP) is 4.16. The second-order valence-corrected chi connectivity index (χ2v) is 6.63. The van der Waals surface area contributed by atoms with Gasteiger partial charge in [-0.2, -0.15) is 0 Å². The molecule has 2 rings (SSSR count). The lowest BCUT2D eigenvalue weighted by Gasteiger charge is -2.48. The Labute approximate surface area is 131 Å². The van der Waals surface area contributed by atoms with Gasteiger partial charge in [-0.25, -0.2) is 0 Å². The van der Waals surface area contributed by atoms with E-state index in [0.717, 1.165) is 19.3 Å². The highest BCUT2D eigenvalue weighted by atomic mass is 35.5. The quantitative estimate of drug-likeness (QED) is 0.826. The highest BCUT2D eigenvalue weighted by Crippen LogP contribution is 2.47. The minimum atomic E-state index is 0.122. The number of halogens is 2. The normalized spacial score (nSPS) is 20.2. The van der Waals surface area contributed by atoms with Crippen LogP contribution in [0.1, 0.15) is 45.1 Å². The fraction of sp³-hybridized carbons (Fsp3) is 0.625. The van der Waals surface area contributed by atoms with Crippen LogP contribution in [0, 0.1) is 0 Å². The molecule has 0 aromatic heterocycles. The average Bonchev–Trinajstić information content (AvgIpc) is 2.38. The number of hydrogen-bond donors (Lipinski definition) is 2. The van der Waals surface area contributed by atoms with Crippen LogP contribution < -0.4 is 5.32 Å². The van der Waals surface area contributed by atoms with Crippen molar-refractivity contribution >= 4 is 23.2 Å². The van der Waals surface area contributed by atoms with Crippen molar-refractivity contribution in [1.29, 1.82) is 0 Å². The average molecular weight is 316 g/mol. The number of nitrogens with one attached hydrogen (secondary N) is 1. The molecule has 4 heteroatoms. The van der Waals surface area contributed by atoms with E-state index in [9.17, 15) is 5.11 Å². The molecule has 0 aliphatic heterocycles. The van der Waals surface area contributed by atoms with Gasteiger partial charge in [0, 0.05) is 17.5 Å². The molecule has 2 atom stereocenters. The molecule has 2 N–H and O–H groups in total. The molecule has 2 unspecified atom stereocenters. The zero-order chi connectivity index (χ0) is 14.8. The Hall–Kier alpha value is -0.280. The molecular formula is C16H23Cl2NO. The molecule has 2 nitrogen and oxygen atoms in total. The number of rotatable bonds is 6. The van der Waals surface area contributed by atoms with E-state index in [4.69, 9.17) is 23.2 Å². The van der Waals surface area contributed by atoms with Crippen LogP contribution in [0.3, 0.4) is 0 Å². The lowest BCUT2D eigenvalue weighted by molar-refractivity contribution is 0.147. The van der Waals surface area contributed by atoms with E-state index in [1.54, 1.807) is 0 Å². The van der Waals surface area contributed by atoms with Crippen LogP contribution >= 0.6 is 23.2 Å². The van der Waals surface area contributed by atoms with Crippen molar-refractivity contribution in [2.45, 2.75) is 57.0 Å². The van der Waals surface area contributed by atoms with Crippen molar-refractivity contribution in [1.82, 2.24) is 5.32 Å². The maximum atomic E-state index is 9.38. The molecule has 1 aromatic carbocycles. The van der Waals surface area contributed by atoms with Crippen molar-refractivity contribution in [3.63, 3.8) is 0 Å². The van der Waals surface area contributed by atoms with Gasteiger partial charge in [0.1, 0.15) is 0 Å². The van der Waals surface area contributed by atoms with Crippen molar-refractivity contribution in [3.05, 3.63) is 33.8 Å². The zero-order valence-corrected chi connectivity index (χ0v) is 13.6. The maximum absolute atomic E-state index is 9.38. The van der Waals surface area contributed by atoms with Gasteiger partial charge in [-0.1, -0.05) is 42.6 Å². The van der Waals surface area contributed by atoms with Crippen LogP contribution in [0.2, 0.25) is 10.0 Å². The molecule has 20 heavy (non-hydrogen) atoms. The fourth-order valence-corrected chi connectivity index (χ4v) is 3.45. The van der Waals surface area contributed by atoms with Gasteiger partial charge in [-0.15, -0.1) is 0 Å². The Kier molecular flexibility index (Phi) is 5.36. The summed E-state index contributed by atoms with van der Waals surface area (Å²) in [6.45, 7) is 4.48. The standard InChI is InChI=1S/C16H23Cl2NO/c1-3-13(10-20)19-11(2)16(7-4-8-16)12-5-6-14(17)15(18)9-12/h5-6,9,11,13,19-20H,3-4,7-8,10H2,1-2H3. The zero-order valence-electron chi connectivity index (χ0n) is 12.1. The Morgan fingerprint density at radius 3 is 2.45 bits per heavy atom. The Bertz CT molecular complexity index is 456. The molecule has 1 aromatic rings. The highest BCUT2D eigenvalue weighted by molar-refractivity contribution is 6.42. The van der Waals surface area contributed by atoms with Crippen LogP contribution in [0.5, 0.6) is 0 Å². The van der Waals surface area contributed by atoms with Crippen molar-refractivity contribution in [3.8, 4) is 0 Å². The Balaban J connectivity index is 2.22. The first kappa shape index (κ1) is 16.1. The van der Waals surface area contributed by atoms with Gasteiger partial charge >= 0.3 is 0 Å². The first-order valence-electron chi connectivity index (χ1n) is 7.36. The van der Waals surface area contributed by atoms with Crippen LogP contribution in [-0.2, 0) is 5.41 Å². The van der Waals surface area contributed by atoms with E-state index in [0.29, 0.717) is 16.1 Å². The first-order chi connectivity index (χ1) is 9.53. The summed E-state index contributed by atoms with van der Waals surface area (Å²) in [5, 5.41) is 14.2. The van der Waals surface area contributed by atoms with Gasteiger partial charge in [0.05, 0.1) is 16.7 Å². The van der Waals surface area contributed by atoms with Crippen LogP contribution in [0.25, 0.3) is 0 Å². The van der Waals surface area contributed by atoms with E-state index in [-0.39, 0.29) is 18.1 Å². The molecule has 1 aliphatic carbocycles. The Morgan fingerprint density at radius 1 is 1.30 bits per heavy atom. The minimum absolute atomic E-state index is 0.122. The maximum Gasteiger partial charge on any atom is 0.0595 e. The number of aliphatic hydroxyl groups excluding tert-OH is 1. The SMILES string of the molecule is CCC(CO)NC(C)C1(c2ccc(Cl)c(Cl)c2)CCC1. The second kappa shape index (κ2) is 6.65. The van der Waals surface area contributed by atoms with Crippen molar-refractivity contribution in [2.75, 3.05) is 6.61 Å². The summed E-state index contributed by atoms with van der Waals surface area (Å²) in [4.78, 5) is 0. The summed E-state index contributed by atoms with van der Waals surface area (Å²) < 4.78 is 0. The van der Waals surface area contributed by atoms with Crippen molar-refractivity contribution < 1.29 is 5.11 Å². The van der Waals surface area contributed by atoms with E-state index in [2.05, 4.69) is 25.2 Å². The summed E-state index contributed by atoms with van der Waals surface area (Å²) in [5.74, 6) is 0. The third-order valence-electron chi connectivity index (χ3n) is 4.77. The second-order valence-electron chi connectivity index (χ2n) is 5.81. The number of benzene rings is 1. The molecule has 0 heterocycles. The molecule has 0 radical (unpaired) electrons. The molecule has 1 fully saturated rings. The van der Waals surface area contributed by atoms with Crippen LogP contribution in [0.4, 0.5) is 0 Å². The summed E-state index contributed by atoms with van der Waals surface area (Å²) >= 11 is 12.2. The molecule has 1 aliphatic rings. The largest absolute Gasteiger partial charge is 0.395 e. The van der Waals surface area contributed by atoms with E-state index >= 15 is 0 Å². The van der Waals surface area contributed by atoms with E-state index < -0.39 is 0 Å². The Morgan fingerprint density at radius 2 is 2.00 bits per heavy atom. The third-order valence-corrected chi connectivity index (χ3v) is 5.51. The van der Waals surface area contributed by atoms with Gasteiger partial charge in [0.2, 0.25) is 0 Å². The van der Waals surface area contributed by atoms with Crippen LogP contribution in [0.15, 0.2) is 18.2 Å². The molecule has 0 saturated heterocycles. The summed E-state index contributed by atoms with van der Waals surface area (Å²) in [6.07, 6.45) is 4.47. The highest BCUT2D eigenvalue weighted by Gasteiger charge is 2.43. The lowest BCUT2D eigenvalue weighted by atomic mass is 9.60. The van der Waals surface area contributed by atoms with Gasteiger partial charge < -0.3 is 10.4 Å². The third kappa shape index (κ3) is 2.99. The molecule has 0 spiro atoms. The van der Waals surface area contributed by atoms with Crippen molar-refractivity contribution in [2.24, 2.45) is 0 Å². The molecule has 1 saturated carbocycles. The molecule has 0 bridgehead atoms. The summed E-state index contributed by atoms with van der Waals surface area (Å²) in [5.41, 5.74) is 1.38. The van der Waals surface area contributed by atoms with E-state index in [1.165, 1.54) is 12.0 Å².